The fourth-order valence-corrected chi connectivity index (χ4v) is 3.50. The van der Waals surface area contributed by atoms with Crippen molar-refractivity contribution in [1.82, 2.24) is 0 Å². The van der Waals surface area contributed by atoms with Crippen LogP contribution in [0.5, 0.6) is 0 Å². The van der Waals surface area contributed by atoms with Crippen LogP contribution in [0.15, 0.2) is 0 Å². The molecule has 0 aromatic carbocycles. The summed E-state index contributed by atoms with van der Waals surface area (Å²) in [6, 6.07) is 0. The molecule has 0 aliphatic heterocycles. The van der Waals surface area contributed by atoms with Crippen molar-refractivity contribution in [2.24, 2.45) is 17.6 Å². The summed E-state index contributed by atoms with van der Waals surface area (Å²) in [5, 5.41) is 0. The van der Waals surface area contributed by atoms with E-state index >= 15 is 0 Å². The van der Waals surface area contributed by atoms with E-state index in [0.29, 0.717) is 18.1 Å². The average Bonchev–Trinajstić information content (AvgIpc) is 2.77. The van der Waals surface area contributed by atoms with Crippen LogP contribution in [0.1, 0.15) is 58.3 Å². The lowest BCUT2D eigenvalue weighted by molar-refractivity contribution is -0.0731. The lowest BCUT2D eigenvalue weighted by atomic mass is 9.84. The Hall–Kier alpha value is -0.0800. The quantitative estimate of drug-likeness (QED) is 0.798. The van der Waals surface area contributed by atoms with Crippen LogP contribution < -0.4 is 5.73 Å². The summed E-state index contributed by atoms with van der Waals surface area (Å²) >= 11 is 0. The zero-order chi connectivity index (χ0) is 11.4. The van der Waals surface area contributed by atoms with Crippen LogP contribution in [0.3, 0.4) is 0 Å². The highest BCUT2D eigenvalue weighted by molar-refractivity contribution is 4.83. The molecule has 94 valence electrons. The Morgan fingerprint density at radius 2 is 1.56 bits per heavy atom. The molecule has 2 saturated carbocycles. The first-order chi connectivity index (χ1) is 7.85. The highest BCUT2D eigenvalue weighted by Gasteiger charge is 2.32. The lowest BCUT2D eigenvalue weighted by Crippen LogP contribution is -2.35. The van der Waals surface area contributed by atoms with Gasteiger partial charge in [0.1, 0.15) is 0 Å². The van der Waals surface area contributed by atoms with Gasteiger partial charge in [0.2, 0.25) is 0 Å². The molecule has 0 bridgehead atoms. The maximum atomic E-state index is 6.38. The molecule has 0 saturated heterocycles. The second kappa shape index (κ2) is 6.02. The van der Waals surface area contributed by atoms with Gasteiger partial charge in [0.15, 0.2) is 0 Å². The minimum Gasteiger partial charge on any atom is -0.374 e. The van der Waals surface area contributed by atoms with Gasteiger partial charge in [0.25, 0.3) is 0 Å². The Balaban J connectivity index is 1.86. The van der Waals surface area contributed by atoms with Gasteiger partial charge < -0.3 is 10.5 Å². The molecule has 2 aliphatic carbocycles. The van der Waals surface area contributed by atoms with Crippen LogP contribution in [0.4, 0.5) is 0 Å². The molecular formula is C14H27NO. The minimum absolute atomic E-state index is 0.474. The Labute approximate surface area is 99.9 Å². The van der Waals surface area contributed by atoms with Gasteiger partial charge >= 0.3 is 0 Å². The molecule has 4 atom stereocenters. The van der Waals surface area contributed by atoms with Gasteiger partial charge in [-0.25, -0.2) is 0 Å². The first-order valence-electron chi connectivity index (χ1n) is 7.20. The number of nitrogens with two attached hydrogens (primary N) is 1. The van der Waals surface area contributed by atoms with E-state index in [1.165, 1.54) is 51.4 Å². The molecule has 2 rings (SSSR count). The first kappa shape index (κ1) is 12.4. The van der Waals surface area contributed by atoms with Crippen molar-refractivity contribution in [1.29, 1.82) is 0 Å². The summed E-state index contributed by atoms with van der Waals surface area (Å²) < 4.78 is 6.38. The third-order valence-electron chi connectivity index (χ3n) is 4.61. The van der Waals surface area contributed by atoms with Crippen molar-refractivity contribution < 1.29 is 4.74 Å². The molecule has 0 aromatic heterocycles. The zero-order valence-electron chi connectivity index (χ0n) is 10.7. The molecular weight excluding hydrogens is 198 g/mol. The van der Waals surface area contributed by atoms with Crippen LogP contribution in [0.2, 0.25) is 0 Å². The number of hydrogen-bond acceptors (Lipinski definition) is 2. The third-order valence-corrected chi connectivity index (χ3v) is 4.61. The van der Waals surface area contributed by atoms with E-state index in [-0.39, 0.29) is 0 Å². The summed E-state index contributed by atoms with van der Waals surface area (Å²) in [5.41, 5.74) is 5.82. The molecule has 0 amide bonds. The van der Waals surface area contributed by atoms with Gasteiger partial charge in [-0.05, 0) is 44.1 Å². The van der Waals surface area contributed by atoms with Gasteiger partial charge in [-0.15, -0.1) is 0 Å². The second-order valence-electron chi connectivity index (χ2n) is 5.59. The number of hydrogen-bond donors (Lipinski definition) is 1. The van der Waals surface area contributed by atoms with Crippen molar-refractivity contribution >= 4 is 0 Å². The van der Waals surface area contributed by atoms with Gasteiger partial charge in [0.05, 0.1) is 12.2 Å². The molecule has 0 aromatic rings. The fraction of sp³-hybridized carbons (Fsp3) is 1.00. The number of rotatable bonds is 4. The Morgan fingerprint density at radius 1 is 0.938 bits per heavy atom. The van der Waals surface area contributed by atoms with Crippen LogP contribution in [-0.4, -0.2) is 18.8 Å². The third kappa shape index (κ3) is 2.78. The summed E-state index contributed by atoms with van der Waals surface area (Å²) in [6.45, 7) is 3.12. The van der Waals surface area contributed by atoms with E-state index in [1.54, 1.807) is 0 Å². The average molecular weight is 225 g/mol. The van der Waals surface area contributed by atoms with Crippen molar-refractivity contribution in [2.45, 2.75) is 70.5 Å². The van der Waals surface area contributed by atoms with E-state index in [4.69, 9.17) is 10.5 Å². The summed E-state index contributed by atoms with van der Waals surface area (Å²) in [5.74, 6) is 1.45. The maximum absolute atomic E-state index is 6.38. The molecule has 2 heteroatoms. The smallest absolute Gasteiger partial charge is 0.0619 e. The normalized spacial score (nSPS) is 40.1. The highest BCUT2D eigenvalue weighted by Crippen LogP contribution is 2.34. The van der Waals surface area contributed by atoms with Gasteiger partial charge in [-0.3, -0.25) is 0 Å². The zero-order valence-corrected chi connectivity index (χ0v) is 10.7. The molecule has 2 N–H and O–H groups in total. The van der Waals surface area contributed by atoms with E-state index in [2.05, 4.69) is 6.92 Å². The topological polar surface area (TPSA) is 35.2 Å². The van der Waals surface area contributed by atoms with Crippen LogP contribution >= 0.6 is 0 Å². The molecule has 0 radical (unpaired) electrons. The van der Waals surface area contributed by atoms with E-state index in [1.807, 2.05) is 0 Å². The van der Waals surface area contributed by atoms with E-state index in [0.717, 1.165) is 12.5 Å². The summed E-state index contributed by atoms with van der Waals surface area (Å²) in [6.07, 6.45) is 11.6. The maximum Gasteiger partial charge on any atom is 0.0619 e. The van der Waals surface area contributed by atoms with Crippen molar-refractivity contribution in [3.05, 3.63) is 0 Å². The van der Waals surface area contributed by atoms with E-state index in [9.17, 15) is 0 Å². The van der Waals surface area contributed by atoms with Gasteiger partial charge in [-0.1, -0.05) is 32.6 Å². The second-order valence-corrected chi connectivity index (χ2v) is 5.59. The summed E-state index contributed by atoms with van der Waals surface area (Å²) in [4.78, 5) is 0. The minimum atomic E-state index is 0.474. The van der Waals surface area contributed by atoms with E-state index < -0.39 is 0 Å². The molecule has 16 heavy (non-hydrogen) atoms. The highest BCUT2D eigenvalue weighted by atomic mass is 16.5. The van der Waals surface area contributed by atoms with Crippen molar-refractivity contribution in [3.63, 3.8) is 0 Å². The van der Waals surface area contributed by atoms with Gasteiger partial charge in [-0.2, -0.15) is 0 Å². The Morgan fingerprint density at radius 3 is 2.31 bits per heavy atom. The molecule has 2 nitrogen and oxygen atoms in total. The molecule has 0 spiro atoms. The summed E-state index contributed by atoms with van der Waals surface area (Å²) in [7, 11) is 0. The first-order valence-corrected chi connectivity index (χ1v) is 7.20. The molecule has 0 heterocycles. The molecule has 2 fully saturated rings. The van der Waals surface area contributed by atoms with Crippen molar-refractivity contribution in [3.8, 4) is 0 Å². The number of ether oxygens (including phenoxy) is 1. The van der Waals surface area contributed by atoms with Crippen molar-refractivity contribution in [2.75, 3.05) is 6.54 Å². The molecule has 4 unspecified atom stereocenters. The van der Waals surface area contributed by atoms with Crippen LogP contribution in [0.25, 0.3) is 0 Å². The van der Waals surface area contributed by atoms with Crippen LogP contribution in [0, 0.1) is 11.8 Å². The molecule has 2 aliphatic rings. The predicted octanol–water partition coefficient (Wildman–Crippen LogP) is 3.10. The SMILES string of the molecule is CCC1CCCCC1OC1CCCC1CN. The van der Waals surface area contributed by atoms with Gasteiger partial charge in [0, 0.05) is 0 Å². The largest absolute Gasteiger partial charge is 0.374 e. The Kier molecular flexibility index (Phi) is 4.66. The predicted molar refractivity (Wildman–Crippen MR) is 67.3 cm³/mol. The Bertz CT molecular complexity index is 207. The van der Waals surface area contributed by atoms with Crippen LogP contribution in [-0.2, 0) is 4.74 Å². The monoisotopic (exact) mass is 225 g/mol. The fourth-order valence-electron chi connectivity index (χ4n) is 3.50. The standard InChI is InChI=1S/C14H27NO/c1-2-11-6-3-4-8-13(11)16-14-9-5-7-12(14)10-15/h11-14H,2-10,15H2,1H3. The lowest BCUT2D eigenvalue weighted by Gasteiger charge is -2.34.